The molecule has 104 valence electrons. The second-order valence-corrected chi connectivity index (χ2v) is 4.23. The van der Waals surface area contributed by atoms with E-state index in [1.165, 1.54) is 0 Å². The van der Waals surface area contributed by atoms with Crippen molar-refractivity contribution in [2.75, 3.05) is 11.9 Å². The predicted octanol–water partition coefficient (Wildman–Crippen LogP) is 3.04. The van der Waals surface area contributed by atoms with Gasteiger partial charge in [-0.2, -0.15) is 0 Å². The van der Waals surface area contributed by atoms with Crippen molar-refractivity contribution in [1.82, 2.24) is 9.88 Å². The molecule has 0 aliphatic heterocycles. The van der Waals surface area contributed by atoms with E-state index in [1.807, 2.05) is 0 Å². The number of thiocarbonyl (C=S) groups is 1. The largest absolute Gasteiger partial charge is 0.465 e. The van der Waals surface area contributed by atoms with Crippen LogP contribution in [-0.4, -0.2) is 32.7 Å². The van der Waals surface area contributed by atoms with E-state index in [0.29, 0.717) is 17.3 Å². The lowest BCUT2D eigenvalue weighted by molar-refractivity contribution is 0.171. The van der Waals surface area contributed by atoms with Crippen LogP contribution in [0.2, 0.25) is 0 Å². The Labute approximate surface area is 121 Å². The lowest BCUT2D eigenvalue weighted by Gasteiger charge is -2.18. The lowest BCUT2D eigenvalue weighted by Crippen LogP contribution is -2.38. The summed E-state index contributed by atoms with van der Waals surface area (Å²) in [5.74, 6) is 1.09. The number of nitrogens with zero attached hydrogens (tertiary/aromatic N) is 2. The number of pyridine rings is 1. The summed E-state index contributed by atoms with van der Waals surface area (Å²) in [7, 11) is 0. The number of carboxylic acid groups (broad SMARTS) is 1. The molecular formula is C13H13N3O3S. The van der Waals surface area contributed by atoms with Gasteiger partial charge in [-0.25, -0.2) is 9.78 Å². The lowest BCUT2D eigenvalue weighted by atomic mass is 10.3. The van der Waals surface area contributed by atoms with Gasteiger partial charge in [0.05, 0.1) is 6.26 Å². The first-order valence-electron chi connectivity index (χ1n) is 5.94. The van der Waals surface area contributed by atoms with Crippen molar-refractivity contribution in [2.24, 2.45) is 0 Å². The van der Waals surface area contributed by atoms with E-state index in [2.05, 4.69) is 10.3 Å². The van der Waals surface area contributed by atoms with E-state index in [-0.39, 0.29) is 11.7 Å². The molecule has 0 saturated carbocycles. The number of anilines is 1. The van der Waals surface area contributed by atoms with Crippen LogP contribution in [-0.2, 0) is 0 Å². The molecule has 0 spiro atoms. The second kappa shape index (κ2) is 6.16. The number of furan rings is 1. The monoisotopic (exact) mass is 291 g/mol. The molecular weight excluding hydrogens is 278 g/mol. The van der Waals surface area contributed by atoms with E-state index in [9.17, 15) is 4.79 Å². The Bertz CT molecular complexity index is 613. The van der Waals surface area contributed by atoms with Crippen molar-refractivity contribution in [3.8, 4) is 11.5 Å². The number of hydrogen-bond donors (Lipinski definition) is 2. The Balaban J connectivity index is 2.16. The average molecular weight is 291 g/mol. The molecule has 0 aromatic carbocycles. The van der Waals surface area contributed by atoms with Gasteiger partial charge in [-0.1, -0.05) is 6.07 Å². The zero-order valence-corrected chi connectivity index (χ0v) is 11.6. The van der Waals surface area contributed by atoms with Crippen molar-refractivity contribution >= 4 is 29.2 Å². The molecule has 1 amide bonds. The van der Waals surface area contributed by atoms with Crippen molar-refractivity contribution in [3.63, 3.8) is 0 Å². The summed E-state index contributed by atoms with van der Waals surface area (Å²) in [6.45, 7) is 1.97. The topological polar surface area (TPSA) is 78.6 Å². The van der Waals surface area contributed by atoms with Gasteiger partial charge in [0.15, 0.2) is 10.9 Å². The van der Waals surface area contributed by atoms with Crippen LogP contribution >= 0.6 is 12.2 Å². The Kier molecular flexibility index (Phi) is 4.31. The minimum atomic E-state index is -1.10. The van der Waals surface area contributed by atoms with Crippen LogP contribution in [0.15, 0.2) is 41.0 Å². The molecule has 2 heterocycles. The van der Waals surface area contributed by atoms with Crippen molar-refractivity contribution in [2.45, 2.75) is 6.92 Å². The molecule has 0 unspecified atom stereocenters. The normalized spacial score (nSPS) is 10.1. The molecule has 2 aromatic rings. The molecule has 0 saturated heterocycles. The number of rotatable bonds is 3. The van der Waals surface area contributed by atoms with Gasteiger partial charge in [0.1, 0.15) is 11.5 Å². The highest BCUT2D eigenvalue weighted by Crippen LogP contribution is 2.19. The van der Waals surface area contributed by atoms with Gasteiger partial charge in [0.2, 0.25) is 0 Å². The molecule has 0 aliphatic rings. The summed E-state index contributed by atoms with van der Waals surface area (Å²) in [6.07, 6.45) is 0.456. The minimum Gasteiger partial charge on any atom is -0.465 e. The summed E-state index contributed by atoms with van der Waals surface area (Å²) in [5.41, 5.74) is 0.640. The van der Waals surface area contributed by atoms with Gasteiger partial charge in [-0.05, 0) is 43.4 Å². The highest BCUT2D eigenvalue weighted by atomic mass is 32.1. The Morgan fingerprint density at radius 3 is 2.85 bits per heavy atom. The molecule has 0 bridgehead atoms. The number of carbonyl (C=O) groups is 1. The average Bonchev–Trinajstić information content (AvgIpc) is 2.93. The zero-order valence-electron chi connectivity index (χ0n) is 10.7. The van der Waals surface area contributed by atoms with Crippen LogP contribution in [0.5, 0.6) is 0 Å². The molecule has 2 aromatic heterocycles. The van der Waals surface area contributed by atoms with Gasteiger partial charge < -0.3 is 14.8 Å². The molecule has 0 atom stereocenters. The van der Waals surface area contributed by atoms with Gasteiger partial charge in [-0.3, -0.25) is 4.90 Å². The fourth-order valence-corrected chi connectivity index (χ4v) is 1.92. The van der Waals surface area contributed by atoms with Gasteiger partial charge >= 0.3 is 6.09 Å². The zero-order chi connectivity index (χ0) is 14.5. The van der Waals surface area contributed by atoms with Crippen molar-refractivity contribution in [3.05, 3.63) is 36.6 Å². The van der Waals surface area contributed by atoms with Gasteiger partial charge in [0, 0.05) is 6.54 Å². The molecule has 2 rings (SSSR count). The number of amides is 1. The van der Waals surface area contributed by atoms with Crippen LogP contribution < -0.4 is 5.32 Å². The van der Waals surface area contributed by atoms with Gasteiger partial charge in [0.25, 0.3) is 0 Å². The van der Waals surface area contributed by atoms with E-state index in [1.54, 1.807) is 43.5 Å². The maximum atomic E-state index is 11.0. The van der Waals surface area contributed by atoms with Crippen LogP contribution in [0.25, 0.3) is 11.5 Å². The highest BCUT2D eigenvalue weighted by molar-refractivity contribution is 7.80. The maximum Gasteiger partial charge on any atom is 0.413 e. The third kappa shape index (κ3) is 3.12. The van der Waals surface area contributed by atoms with Crippen LogP contribution in [0.3, 0.4) is 0 Å². The van der Waals surface area contributed by atoms with E-state index >= 15 is 0 Å². The SMILES string of the molecule is CCN(C(=O)O)C(=S)Nc1cccc(-c2ccco2)n1. The van der Waals surface area contributed by atoms with Gasteiger partial charge in [-0.15, -0.1) is 0 Å². The number of hydrogen-bond acceptors (Lipinski definition) is 4. The molecule has 20 heavy (non-hydrogen) atoms. The van der Waals surface area contributed by atoms with Crippen LogP contribution in [0.4, 0.5) is 10.6 Å². The molecule has 0 aliphatic carbocycles. The third-order valence-corrected chi connectivity index (χ3v) is 2.87. The quantitative estimate of drug-likeness (QED) is 0.846. The molecule has 0 fully saturated rings. The van der Waals surface area contributed by atoms with Crippen molar-refractivity contribution < 1.29 is 14.3 Å². The maximum absolute atomic E-state index is 11.0. The molecule has 6 nitrogen and oxygen atoms in total. The van der Waals surface area contributed by atoms with Crippen LogP contribution in [0, 0.1) is 0 Å². The Morgan fingerprint density at radius 1 is 1.45 bits per heavy atom. The number of nitrogens with one attached hydrogen (secondary N) is 1. The summed E-state index contributed by atoms with van der Waals surface area (Å²) < 4.78 is 5.26. The van der Waals surface area contributed by atoms with E-state index in [0.717, 1.165) is 4.90 Å². The first kappa shape index (κ1) is 14.0. The van der Waals surface area contributed by atoms with E-state index < -0.39 is 6.09 Å². The minimum absolute atomic E-state index is 0.0871. The smallest absolute Gasteiger partial charge is 0.413 e. The number of aromatic nitrogens is 1. The molecule has 2 N–H and O–H groups in total. The highest BCUT2D eigenvalue weighted by Gasteiger charge is 2.15. The first-order valence-corrected chi connectivity index (χ1v) is 6.35. The standard InChI is InChI=1S/C13H13N3O3S/c1-2-16(13(17)18)12(20)15-11-7-3-5-9(14-11)10-6-4-8-19-10/h3-8H,2H2,1H3,(H,17,18)(H,14,15,20). The fraction of sp³-hybridized carbons (Fsp3) is 0.154. The fourth-order valence-electron chi connectivity index (χ4n) is 1.61. The molecule has 7 heteroatoms. The summed E-state index contributed by atoms with van der Waals surface area (Å²) in [5, 5.41) is 11.9. The summed E-state index contributed by atoms with van der Waals surface area (Å²) in [4.78, 5) is 16.3. The third-order valence-electron chi connectivity index (χ3n) is 2.55. The summed E-state index contributed by atoms with van der Waals surface area (Å²) in [6, 6.07) is 8.84. The van der Waals surface area contributed by atoms with Crippen LogP contribution in [0.1, 0.15) is 6.92 Å². The van der Waals surface area contributed by atoms with E-state index in [4.69, 9.17) is 21.7 Å². The molecule has 0 radical (unpaired) electrons. The van der Waals surface area contributed by atoms with Crippen molar-refractivity contribution in [1.29, 1.82) is 0 Å². The summed E-state index contributed by atoms with van der Waals surface area (Å²) >= 11 is 5.05. The first-order chi connectivity index (χ1) is 9.61. The second-order valence-electron chi connectivity index (χ2n) is 3.84. The Morgan fingerprint density at radius 2 is 2.25 bits per heavy atom. The predicted molar refractivity (Wildman–Crippen MR) is 78.6 cm³/mol. The Hall–Kier alpha value is -2.41.